The number of aromatic amines is 1. The lowest BCUT2D eigenvalue weighted by Gasteiger charge is -2.29. The summed E-state index contributed by atoms with van der Waals surface area (Å²) < 4.78 is 6.23. The van der Waals surface area contributed by atoms with Gasteiger partial charge in [-0.2, -0.15) is 0 Å². The van der Waals surface area contributed by atoms with Gasteiger partial charge in [0.1, 0.15) is 0 Å². The largest absolute Gasteiger partial charge is 0.441 e. The molecule has 0 bridgehead atoms. The van der Waals surface area contributed by atoms with Crippen LogP contribution in [0, 0.1) is 5.92 Å². The molecule has 1 unspecified atom stereocenters. The number of H-pyrrole nitrogens is 1. The van der Waals surface area contributed by atoms with E-state index in [0.29, 0.717) is 24.7 Å². The number of likely N-dealkylation sites (tertiary alicyclic amines) is 1. The summed E-state index contributed by atoms with van der Waals surface area (Å²) in [6, 6.07) is 9.16. The van der Waals surface area contributed by atoms with E-state index in [1.54, 1.807) is 17.0 Å². The monoisotopic (exact) mass is 288 g/mol. The number of amides is 1. The molecule has 1 aromatic heterocycles. The number of benzene rings is 1. The van der Waals surface area contributed by atoms with Gasteiger partial charge in [0.05, 0.1) is 0 Å². The van der Waals surface area contributed by atoms with Gasteiger partial charge in [0, 0.05) is 25.2 Å². The fourth-order valence-corrected chi connectivity index (χ4v) is 2.74. The number of hydrogen-bond donors (Lipinski definition) is 1. The number of nitrogens with zero attached hydrogens (tertiary/aromatic N) is 2. The van der Waals surface area contributed by atoms with E-state index in [-0.39, 0.29) is 11.6 Å². The van der Waals surface area contributed by atoms with Crippen molar-refractivity contribution in [2.45, 2.75) is 19.8 Å². The minimum absolute atomic E-state index is 0.0234. The first-order valence-corrected chi connectivity index (χ1v) is 7.15. The summed E-state index contributed by atoms with van der Waals surface area (Å²) in [5.74, 6) is 0.180. The fourth-order valence-electron chi connectivity index (χ4n) is 2.74. The number of aromatic nitrogens is 2. The zero-order valence-electron chi connectivity index (χ0n) is 11.9. The maximum absolute atomic E-state index is 12.6. The predicted octanol–water partition coefficient (Wildman–Crippen LogP) is 1.12. The molecular formula is C15H18N3O3+. The molecule has 1 amide bonds. The van der Waals surface area contributed by atoms with E-state index in [9.17, 15) is 9.59 Å². The molecule has 1 fully saturated rings. The summed E-state index contributed by atoms with van der Waals surface area (Å²) in [6.07, 6.45) is 2.08. The van der Waals surface area contributed by atoms with Crippen molar-refractivity contribution < 1.29 is 14.0 Å². The van der Waals surface area contributed by atoms with E-state index in [1.165, 1.54) is 4.68 Å². The van der Waals surface area contributed by atoms with Crippen LogP contribution >= 0.6 is 0 Å². The summed E-state index contributed by atoms with van der Waals surface area (Å²) in [7, 11) is 0. The zero-order chi connectivity index (χ0) is 14.8. The molecule has 6 nitrogen and oxygen atoms in total. The molecule has 1 N–H and O–H groups in total. The van der Waals surface area contributed by atoms with Gasteiger partial charge in [0.25, 0.3) is 0 Å². The second-order valence-corrected chi connectivity index (χ2v) is 5.50. The van der Waals surface area contributed by atoms with Crippen molar-refractivity contribution >= 4 is 5.91 Å². The Kier molecular flexibility index (Phi) is 3.60. The lowest BCUT2D eigenvalue weighted by molar-refractivity contribution is -0.672. The standard InChI is InChI=1S/C15H17N3O3/c1-11-6-5-9-17(10-11)14(19)13-15(20)21-16-18(13)12-7-3-2-4-8-12/h2-4,7-8,11H,5-6,9-10H2,1H3/p+1. The Hall–Kier alpha value is -2.37. The van der Waals surface area contributed by atoms with E-state index < -0.39 is 5.63 Å². The summed E-state index contributed by atoms with van der Waals surface area (Å²) in [6.45, 7) is 3.48. The summed E-state index contributed by atoms with van der Waals surface area (Å²) in [4.78, 5) is 26.3. The molecule has 1 atom stereocenters. The van der Waals surface area contributed by atoms with E-state index in [0.717, 1.165) is 12.8 Å². The van der Waals surface area contributed by atoms with Crippen LogP contribution in [-0.2, 0) is 0 Å². The maximum atomic E-state index is 12.6. The van der Waals surface area contributed by atoms with E-state index >= 15 is 0 Å². The van der Waals surface area contributed by atoms with Crippen molar-refractivity contribution in [2.24, 2.45) is 5.92 Å². The molecule has 21 heavy (non-hydrogen) atoms. The van der Waals surface area contributed by atoms with Crippen molar-refractivity contribution in [1.29, 1.82) is 0 Å². The maximum Gasteiger partial charge on any atom is 0.441 e. The van der Waals surface area contributed by atoms with Gasteiger partial charge in [-0.05, 0) is 28.7 Å². The Morgan fingerprint density at radius 2 is 2.14 bits per heavy atom. The van der Waals surface area contributed by atoms with Crippen molar-refractivity contribution in [3.05, 3.63) is 46.4 Å². The molecule has 0 saturated carbocycles. The molecule has 1 saturated heterocycles. The van der Waals surface area contributed by atoms with Crippen LogP contribution in [0.4, 0.5) is 0 Å². The minimum atomic E-state index is -0.637. The molecule has 0 spiro atoms. The molecule has 1 aliphatic heterocycles. The normalized spacial score (nSPS) is 18.7. The average molecular weight is 288 g/mol. The molecule has 2 heterocycles. The van der Waals surface area contributed by atoms with Gasteiger partial charge in [-0.1, -0.05) is 25.1 Å². The molecular weight excluding hydrogens is 270 g/mol. The smallest absolute Gasteiger partial charge is 0.333 e. The Balaban J connectivity index is 1.97. The highest BCUT2D eigenvalue weighted by Gasteiger charge is 2.35. The van der Waals surface area contributed by atoms with Crippen LogP contribution in [0.15, 0.2) is 39.6 Å². The number of hydrogen-bond acceptors (Lipinski definition) is 3. The summed E-state index contributed by atoms with van der Waals surface area (Å²) in [5, 5.41) is 2.50. The van der Waals surface area contributed by atoms with Crippen molar-refractivity contribution in [1.82, 2.24) is 10.2 Å². The molecule has 110 valence electrons. The number of rotatable bonds is 2. The predicted molar refractivity (Wildman–Crippen MR) is 75.2 cm³/mol. The third-order valence-corrected chi connectivity index (χ3v) is 3.81. The highest BCUT2D eigenvalue weighted by Crippen LogP contribution is 2.16. The van der Waals surface area contributed by atoms with Gasteiger partial charge >= 0.3 is 17.2 Å². The van der Waals surface area contributed by atoms with Crippen molar-refractivity contribution in [3.8, 4) is 5.69 Å². The number of para-hydroxylation sites is 1. The molecule has 1 aliphatic rings. The summed E-state index contributed by atoms with van der Waals surface area (Å²) >= 11 is 0. The lowest BCUT2D eigenvalue weighted by Crippen LogP contribution is -2.48. The van der Waals surface area contributed by atoms with Crippen LogP contribution in [0.1, 0.15) is 30.3 Å². The number of carbonyl (C=O) groups is 1. The first-order chi connectivity index (χ1) is 10.2. The van der Waals surface area contributed by atoms with Crippen LogP contribution < -0.4 is 10.3 Å². The van der Waals surface area contributed by atoms with E-state index in [4.69, 9.17) is 4.52 Å². The van der Waals surface area contributed by atoms with Crippen LogP contribution in [0.5, 0.6) is 0 Å². The highest BCUT2D eigenvalue weighted by atomic mass is 16.5. The molecule has 3 rings (SSSR count). The Morgan fingerprint density at radius 3 is 2.86 bits per heavy atom. The third-order valence-electron chi connectivity index (χ3n) is 3.81. The van der Waals surface area contributed by atoms with Gasteiger partial charge in [-0.25, -0.2) is 4.79 Å². The second-order valence-electron chi connectivity index (χ2n) is 5.50. The van der Waals surface area contributed by atoms with Crippen LogP contribution in [0.2, 0.25) is 0 Å². The molecule has 1 aromatic carbocycles. The Labute approximate surface area is 121 Å². The van der Waals surface area contributed by atoms with Crippen LogP contribution in [0.3, 0.4) is 0 Å². The van der Waals surface area contributed by atoms with Gasteiger partial charge < -0.3 is 4.90 Å². The number of carbonyl (C=O) groups excluding carboxylic acids is 1. The number of nitrogens with one attached hydrogen (secondary N) is 1. The van der Waals surface area contributed by atoms with Crippen molar-refractivity contribution in [2.75, 3.05) is 13.1 Å². The lowest BCUT2D eigenvalue weighted by atomic mass is 10.00. The first kappa shape index (κ1) is 13.6. The Morgan fingerprint density at radius 1 is 1.38 bits per heavy atom. The SMILES string of the molecule is CC1CCCN(C(=O)c2c(=O)o[nH][n+]2-c2ccccc2)C1. The van der Waals surface area contributed by atoms with Gasteiger partial charge in [-0.3, -0.25) is 9.32 Å². The molecule has 0 aliphatic carbocycles. The highest BCUT2D eigenvalue weighted by molar-refractivity contribution is 5.90. The van der Waals surface area contributed by atoms with Gasteiger partial charge in [0.15, 0.2) is 0 Å². The van der Waals surface area contributed by atoms with Gasteiger partial charge in [0.2, 0.25) is 5.69 Å². The van der Waals surface area contributed by atoms with Crippen molar-refractivity contribution in [3.63, 3.8) is 0 Å². The average Bonchev–Trinajstić information content (AvgIpc) is 2.89. The summed E-state index contributed by atoms with van der Waals surface area (Å²) in [5.41, 5.74) is 0.0779. The topological polar surface area (TPSA) is 70.2 Å². The quantitative estimate of drug-likeness (QED) is 0.842. The zero-order valence-corrected chi connectivity index (χ0v) is 11.9. The van der Waals surface area contributed by atoms with Crippen LogP contribution in [-0.4, -0.2) is 29.2 Å². The van der Waals surface area contributed by atoms with Gasteiger partial charge in [-0.15, -0.1) is 0 Å². The minimum Gasteiger partial charge on any atom is -0.333 e. The van der Waals surface area contributed by atoms with Crippen LogP contribution in [0.25, 0.3) is 5.69 Å². The molecule has 6 heteroatoms. The second kappa shape index (κ2) is 5.55. The third kappa shape index (κ3) is 2.61. The molecule has 2 aromatic rings. The first-order valence-electron chi connectivity index (χ1n) is 7.15. The fraction of sp³-hybridized carbons (Fsp3) is 0.400. The van der Waals surface area contributed by atoms with E-state index in [1.807, 2.05) is 18.2 Å². The molecule has 0 radical (unpaired) electrons. The number of piperidine rings is 1. The Bertz CT molecular complexity index is 690. The van der Waals surface area contributed by atoms with E-state index in [2.05, 4.69) is 12.2 Å².